The van der Waals surface area contributed by atoms with E-state index < -0.39 is 17.6 Å². The highest BCUT2D eigenvalue weighted by Crippen LogP contribution is 2.20. The van der Waals surface area contributed by atoms with E-state index in [0.29, 0.717) is 39.4 Å². The highest BCUT2D eigenvalue weighted by molar-refractivity contribution is 5.90. The van der Waals surface area contributed by atoms with Crippen molar-refractivity contribution < 1.29 is 18.4 Å². The zero-order valence-electron chi connectivity index (χ0n) is 19.0. The van der Waals surface area contributed by atoms with Gasteiger partial charge >= 0.3 is 5.97 Å². The first-order valence-electron chi connectivity index (χ1n) is 11.2. The molecule has 1 N–H and O–H groups in total. The summed E-state index contributed by atoms with van der Waals surface area (Å²) in [6.07, 6.45) is 3.44. The maximum absolute atomic E-state index is 13.6. The summed E-state index contributed by atoms with van der Waals surface area (Å²) in [5.41, 5.74) is 3.23. The van der Waals surface area contributed by atoms with E-state index in [1.807, 2.05) is 12.1 Å². The van der Waals surface area contributed by atoms with Crippen LogP contribution in [0.25, 0.3) is 22.1 Å². The molecule has 0 unspecified atom stereocenters. The fraction of sp³-hybridized carbons (Fsp3) is 0.0385. The van der Waals surface area contributed by atoms with Crippen LogP contribution in [0.3, 0.4) is 0 Å². The van der Waals surface area contributed by atoms with Crippen LogP contribution < -0.4 is 10.2 Å². The number of nitrogens with one attached hydrogen (secondary N) is 1. The molecule has 0 bridgehead atoms. The van der Waals surface area contributed by atoms with Gasteiger partial charge in [0, 0.05) is 36.1 Å². The predicted molar refractivity (Wildman–Crippen MR) is 131 cm³/mol. The van der Waals surface area contributed by atoms with Crippen LogP contribution in [0.1, 0.15) is 15.9 Å². The van der Waals surface area contributed by atoms with Crippen LogP contribution in [-0.4, -0.2) is 35.7 Å². The van der Waals surface area contributed by atoms with Crippen LogP contribution >= 0.6 is 0 Å². The zero-order chi connectivity index (χ0) is 25.4. The lowest BCUT2D eigenvalue weighted by Gasteiger charge is -2.09. The first kappa shape index (κ1) is 22.3. The number of halogens is 2. The van der Waals surface area contributed by atoms with E-state index >= 15 is 0 Å². The molecule has 6 aromatic rings. The predicted octanol–water partition coefficient (Wildman–Crippen LogP) is 4.52. The quantitative estimate of drug-likeness (QED) is 0.338. The summed E-state index contributed by atoms with van der Waals surface area (Å²) in [5, 5.41) is 11.7. The Hall–Kier alpha value is -5.19. The minimum absolute atomic E-state index is 0.243. The van der Waals surface area contributed by atoms with Gasteiger partial charge in [0.15, 0.2) is 0 Å². The summed E-state index contributed by atoms with van der Waals surface area (Å²) in [5.74, 6) is -1.54. The van der Waals surface area contributed by atoms with Gasteiger partial charge in [-0.05, 0) is 65.4 Å². The standard InChI is InChI=1S/C26H17F2N7O2/c27-19-11-16(12-20(28)13-19)15-34-10-9-18-14-29-26(31-24(18)34)30-21-7-5-17(6-8-21)25(36)37-35-23-4-2-1-3-22(23)32-33-35/h1-14H,15H2,(H,29,30,31). The number of fused-ring (bicyclic) bond motifs is 2. The number of hydrogen-bond donors (Lipinski definition) is 1. The minimum Gasteiger partial charge on any atom is -0.328 e. The van der Waals surface area contributed by atoms with Crippen molar-refractivity contribution in [2.24, 2.45) is 0 Å². The monoisotopic (exact) mass is 497 g/mol. The third kappa shape index (κ3) is 4.57. The fourth-order valence-corrected chi connectivity index (χ4v) is 3.92. The van der Waals surface area contributed by atoms with Gasteiger partial charge in [-0.15, -0.1) is 5.10 Å². The lowest BCUT2D eigenvalue weighted by Crippen LogP contribution is -2.21. The molecule has 11 heteroatoms. The smallest absolute Gasteiger partial charge is 0.328 e. The highest BCUT2D eigenvalue weighted by Gasteiger charge is 2.13. The maximum Gasteiger partial charge on any atom is 0.365 e. The SMILES string of the molecule is O=C(On1nnc2ccccc21)c1ccc(Nc2ncc3ccn(Cc4cc(F)cc(F)c4)c3n2)cc1. The number of carbonyl (C=O) groups excluding carboxylic acids is 1. The van der Waals surface area contributed by atoms with Crippen LogP contribution in [0.2, 0.25) is 0 Å². The number of benzene rings is 3. The van der Waals surface area contributed by atoms with Crippen LogP contribution in [0.15, 0.2) is 85.2 Å². The van der Waals surface area contributed by atoms with Gasteiger partial charge < -0.3 is 14.7 Å². The Morgan fingerprint density at radius 3 is 2.57 bits per heavy atom. The van der Waals surface area contributed by atoms with E-state index in [9.17, 15) is 13.6 Å². The zero-order valence-corrected chi connectivity index (χ0v) is 19.0. The second kappa shape index (κ2) is 9.11. The Balaban J connectivity index is 1.18. The summed E-state index contributed by atoms with van der Waals surface area (Å²) in [7, 11) is 0. The molecule has 0 spiro atoms. The molecular weight excluding hydrogens is 480 g/mol. The molecule has 9 nitrogen and oxygen atoms in total. The Morgan fingerprint density at radius 2 is 1.76 bits per heavy atom. The highest BCUT2D eigenvalue weighted by atomic mass is 19.1. The minimum atomic E-state index is -0.634. The Morgan fingerprint density at radius 1 is 0.973 bits per heavy atom. The van der Waals surface area contributed by atoms with Crippen molar-refractivity contribution in [2.75, 3.05) is 5.32 Å². The van der Waals surface area contributed by atoms with Gasteiger partial charge in [0.2, 0.25) is 5.95 Å². The van der Waals surface area contributed by atoms with Crippen molar-refractivity contribution >= 4 is 39.7 Å². The van der Waals surface area contributed by atoms with E-state index in [1.54, 1.807) is 59.4 Å². The van der Waals surface area contributed by atoms with Crippen molar-refractivity contribution in [3.8, 4) is 0 Å². The molecule has 182 valence electrons. The van der Waals surface area contributed by atoms with Gasteiger partial charge in [-0.1, -0.05) is 17.0 Å². The largest absolute Gasteiger partial charge is 0.365 e. The molecule has 0 saturated heterocycles. The Labute approximate surface area is 207 Å². The summed E-state index contributed by atoms with van der Waals surface area (Å²) >= 11 is 0. The third-order valence-electron chi connectivity index (χ3n) is 5.64. The molecule has 0 amide bonds. The first-order chi connectivity index (χ1) is 18.0. The number of anilines is 2. The van der Waals surface area contributed by atoms with Gasteiger partial charge in [0.25, 0.3) is 0 Å². The molecule has 0 fully saturated rings. The van der Waals surface area contributed by atoms with Crippen molar-refractivity contribution in [3.05, 3.63) is 108 Å². The van der Waals surface area contributed by atoms with E-state index in [-0.39, 0.29) is 6.54 Å². The molecule has 0 atom stereocenters. The summed E-state index contributed by atoms with van der Waals surface area (Å²) in [6, 6.07) is 19.0. The van der Waals surface area contributed by atoms with Gasteiger partial charge in [0.1, 0.15) is 28.3 Å². The van der Waals surface area contributed by atoms with Gasteiger partial charge in [0.05, 0.1) is 5.56 Å². The molecule has 37 heavy (non-hydrogen) atoms. The summed E-state index contributed by atoms with van der Waals surface area (Å²) < 4.78 is 29.0. The topological polar surface area (TPSA) is 99.8 Å². The number of carbonyl (C=O) groups is 1. The van der Waals surface area contributed by atoms with Crippen molar-refractivity contribution in [2.45, 2.75) is 6.54 Å². The van der Waals surface area contributed by atoms with E-state index in [0.717, 1.165) is 16.3 Å². The van der Waals surface area contributed by atoms with Crippen LogP contribution in [0, 0.1) is 11.6 Å². The number of rotatable bonds is 6. The molecule has 0 aliphatic rings. The normalized spacial score (nSPS) is 11.2. The summed E-state index contributed by atoms with van der Waals surface area (Å²) in [6.45, 7) is 0.243. The second-order valence-corrected chi connectivity index (χ2v) is 8.23. The molecule has 0 aliphatic heterocycles. The van der Waals surface area contributed by atoms with Crippen molar-refractivity contribution in [1.29, 1.82) is 0 Å². The second-order valence-electron chi connectivity index (χ2n) is 8.23. The van der Waals surface area contributed by atoms with E-state index in [4.69, 9.17) is 4.84 Å². The fourth-order valence-electron chi connectivity index (χ4n) is 3.92. The van der Waals surface area contributed by atoms with Gasteiger partial charge in [-0.3, -0.25) is 0 Å². The van der Waals surface area contributed by atoms with Crippen LogP contribution in [0.4, 0.5) is 20.4 Å². The van der Waals surface area contributed by atoms with Gasteiger partial charge in [-0.25, -0.2) is 18.6 Å². The summed E-state index contributed by atoms with van der Waals surface area (Å²) in [4.78, 5) is 27.9. The van der Waals surface area contributed by atoms with E-state index in [2.05, 4.69) is 25.6 Å². The molecule has 6 rings (SSSR count). The number of nitrogens with zero attached hydrogens (tertiary/aromatic N) is 6. The van der Waals surface area contributed by atoms with Crippen molar-refractivity contribution in [1.82, 2.24) is 29.7 Å². The van der Waals surface area contributed by atoms with Crippen LogP contribution in [-0.2, 0) is 6.54 Å². The lowest BCUT2D eigenvalue weighted by atomic mass is 10.2. The third-order valence-corrected chi connectivity index (χ3v) is 5.64. The molecule has 3 aromatic carbocycles. The molecule has 0 aliphatic carbocycles. The lowest BCUT2D eigenvalue weighted by molar-refractivity contribution is 0.0409. The molecular formula is C26H17F2N7O2. The number of para-hydroxylation sites is 1. The Kier molecular flexibility index (Phi) is 5.49. The molecule has 3 aromatic heterocycles. The van der Waals surface area contributed by atoms with E-state index in [1.165, 1.54) is 12.1 Å². The number of aromatic nitrogens is 6. The van der Waals surface area contributed by atoms with Crippen LogP contribution in [0.5, 0.6) is 0 Å². The van der Waals surface area contributed by atoms with Gasteiger partial charge in [-0.2, -0.15) is 4.98 Å². The Bertz CT molecular complexity index is 1740. The molecule has 3 heterocycles. The van der Waals surface area contributed by atoms with Crippen molar-refractivity contribution in [3.63, 3.8) is 0 Å². The number of hydrogen-bond acceptors (Lipinski definition) is 7. The molecule has 0 saturated carbocycles. The molecule has 0 radical (unpaired) electrons. The average Bonchev–Trinajstić information content (AvgIpc) is 3.48. The average molecular weight is 497 g/mol. The maximum atomic E-state index is 13.6. The first-order valence-corrected chi connectivity index (χ1v) is 11.2.